The lowest BCUT2D eigenvalue weighted by molar-refractivity contribution is -0.136. The fraction of sp³-hybridized carbons (Fsp3) is 0.505. The van der Waals surface area contributed by atoms with Crippen LogP contribution in [0.25, 0.3) is 0 Å². The number of aromatic hydroxyl groups is 3. The number of carbonyl (C=O) groups excluding carboxylic acids is 14. The van der Waals surface area contributed by atoms with Gasteiger partial charge in [-0.05, 0) is 214 Å². The highest BCUT2D eigenvalue weighted by Crippen LogP contribution is 2.57. The molecule has 10 atom stereocenters. The molecule has 0 bridgehead atoms. The highest BCUT2D eigenvalue weighted by Gasteiger charge is 2.54. The fourth-order valence-corrected chi connectivity index (χ4v) is 15.9. The average Bonchev–Trinajstić information content (AvgIpc) is 1.53. The summed E-state index contributed by atoms with van der Waals surface area (Å²) in [6, 6.07) is 4.52. The minimum atomic E-state index is -1.76. The summed E-state index contributed by atoms with van der Waals surface area (Å²) in [7, 11) is 0. The number of esters is 1. The van der Waals surface area contributed by atoms with Crippen molar-refractivity contribution in [3.05, 3.63) is 107 Å². The Morgan fingerprint density at radius 1 is 0.336 bits per heavy atom. The predicted molar refractivity (Wildman–Crippen MR) is 543 cm³/mol. The molecule has 0 unspecified atom stereocenters. The molecule has 800 valence electrons. The Kier molecular flexibility index (Phi) is 50.1. The maximum atomic E-state index is 15.0. The molecule has 54 nitrogen and oxygen atoms in total. The molecule has 0 aromatic heterocycles. The van der Waals surface area contributed by atoms with Crippen LogP contribution in [0.15, 0.2) is 78.9 Å². The zero-order valence-corrected chi connectivity index (χ0v) is 81.9. The Labute approximate surface area is 847 Å². The van der Waals surface area contributed by atoms with Crippen LogP contribution in [0.1, 0.15) is 187 Å². The van der Waals surface area contributed by atoms with Crippen molar-refractivity contribution in [2.75, 3.05) is 70.8 Å². The van der Waals surface area contributed by atoms with Crippen LogP contribution in [-0.2, 0) is 79.1 Å². The van der Waals surface area contributed by atoms with E-state index in [1.54, 1.807) is 30.3 Å². The molecule has 4 aromatic carbocycles. The van der Waals surface area contributed by atoms with E-state index in [1.165, 1.54) is 48.5 Å². The standard InChI is InChI=1S/C91H141N35O19S/c92-35-5-3-14-60(120-75(135)59(17-9-39-109-85(98)99)117-72(132)48-115-74(134)67(44-49-23-26-51(127)27-24-49)118-71(131)22-2-1-7-37-114-90(146)116-50-25-30-55-54(45-50)83(143)145-91(55)56-31-28-52(128)46-68(56)144-69-47-53(129)29-32-57(69)91)77(137)121-61(15-4-6-36-93)78(138)123-63(19-11-41-111-87(102)103)79(139)124-65(21-13-43-113-89(106)107)81(141)126-66(33-34-70(94)130)82(142)125-64(20-12-42-112-88(104)105)80(140)122-62(18-10-40-110-86(100)101)76(136)119-58(73(95)133)16-8-38-108-84(96)97/h23-32,45-47,58-67,127-129H,1-22,33-44,48,92-93H2,(H2,94,130)(H2,95,133)(H,115,134)(H,117,132)(H,118,131)(H,119,136)(H,120,135)(H,121,137)(H,122,140)(H,123,138)(H,124,139)(H,125,142)(H,126,141)(H4,96,97,108)(H4,98,99,109)(H4,100,101,110)(H4,102,103,111)(H4,104,105,112)(H4,106,107,113)(H2,114,116,146)/t58-,59-,60-,61-,62-,63-,64-,65-,66-,67-/m0/s1. The molecule has 2 aliphatic heterocycles. The molecule has 0 saturated carbocycles. The zero-order chi connectivity index (χ0) is 108. The van der Waals surface area contributed by atoms with Crippen LogP contribution in [0.3, 0.4) is 0 Å². The van der Waals surface area contributed by atoms with E-state index in [2.05, 4.69) is 101 Å². The van der Waals surface area contributed by atoms with Gasteiger partial charge in [-0.2, -0.15) is 0 Å². The lowest BCUT2D eigenvalue weighted by Gasteiger charge is -2.36. The number of rotatable bonds is 66. The number of phenols is 3. The van der Waals surface area contributed by atoms with Gasteiger partial charge in [0.2, 0.25) is 76.8 Å². The number of amides is 13. The third-order valence-electron chi connectivity index (χ3n) is 23.1. The normalized spacial score (nSPS) is 13.8. The van der Waals surface area contributed by atoms with Crippen molar-refractivity contribution in [3.63, 3.8) is 0 Å². The molecule has 1 spiro atoms. The third kappa shape index (κ3) is 41.4. The average molecular weight is 2060 g/mol. The number of fused-ring (bicyclic) bond motifs is 6. The van der Waals surface area contributed by atoms with Crippen LogP contribution in [0, 0.1) is 32.5 Å². The molecule has 6 rings (SSSR count). The Hall–Kier alpha value is -16.1. The van der Waals surface area contributed by atoms with Gasteiger partial charge in [0, 0.05) is 99.6 Å². The monoisotopic (exact) mass is 2060 g/mol. The number of carbonyl (C=O) groups is 14. The third-order valence-corrected chi connectivity index (χ3v) is 23.3. The van der Waals surface area contributed by atoms with Crippen molar-refractivity contribution in [3.8, 4) is 28.7 Å². The van der Waals surface area contributed by atoms with Gasteiger partial charge in [-0.15, -0.1) is 0 Å². The summed E-state index contributed by atoms with van der Waals surface area (Å²) < 4.78 is 12.2. The summed E-state index contributed by atoms with van der Waals surface area (Å²) in [5.74, 6) is -15.2. The summed E-state index contributed by atoms with van der Waals surface area (Å²) in [5, 5.41) is 127. The molecule has 0 saturated heterocycles. The molecule has 13 amide bonds. The van der Waals surface area contributed by atoms with Crippen molar-refractivity contribution in [1.29, 1.82) is 32.5 Å². The molecule has 0 aliphatic carbocycles. The first kappa shape index (κ1) is 119. The number of guanidine groups is 6. The second-order valence-corrected chi connectivity index (χ2v) is 35.1. The first-order chi connectivity index (χ1) is 69.5. The summed E-state index contributed by atoms with van der Waals surface area (Å²) in [5.41, 5.74) is 57.4. The number of nitrogens with two attached hydrogens (primary N) is 10. The topological polar surface area (TPSA) is 950 Å². The van der Waals surface area contributed by atoms with Crippen LogP contribution in [0.4, 0.5) is 5.69 Å². The fourth-order valence-electron chi connectivity index (χ4n) is 15.7. The maximum Gasteiger partial charge on any atom is 0.340 e. The van der Waals surface area contributed by atoms with E-state index in [9.17, 15) is 72.9 Å². The van der Waals surface area contributed by atoms with Gasteiger partial charge in [0.15, 0.2) is 46.5 Å². The van der Waals surface area contributed by atoms with Gasteiger partial charge in [-0.3, -0.25) is 94.8 Å². The number of unbranched alkanes of at least 4 members (excludes halogenated alkanes) is 4. The van der Waals surface area contributed by atoms with E-state index < -0.39 is 198 Å². The number of thiocarbonyl (C=S) groups is 1. The van der Waals surface area contributed by atoms with Crippen LogP contribution < -0.4 is 163 Å². The molecule has 0 fully saturated rings. The summed E-state index contributed by atoms with van der Waals surface area (Å²) in [4.78, 5) is 199. The number of ether oxygens (including phenoxy) is 2. The van der Waals surface area contributed by atoms with E-state index in [1.807, 2.05) is 0 Å². The van der Waals surface area contributed by atoms with E-state index in [-0.39, 0.29) is 213 Å². The van der Waals surface area contributed by atoms with Gasteiger partial charge in [0.1, 0.15) is 89.2 Å². The van der Waals surface area contributed by atoms with Crippen LogP contribution in [-0.4, -0.2) is 265 Å². The largest absolute Gasteiger partial charge is 0.508 e. The van der Waals surface area contributed by atoms with E-state index in [4.69, 9.17) is 111 Å². The van der Waals surface area contributed by atoms with Crippen molar-refractivity contribution in [2.24, 2.45) is 57.3 Å². The number of hydrogen-bond donors (Lipinski definition) is 38. The van der Waals surface area contributed by atoms with Crippen LogP contribution >= 0.6 is 12.2 Å². The number of primary amides is 2. The quantitative estimate of drug-likeness (QED) is 0.00643. The Bertz CT molecular complexity index is 5180. The first-order valence-electron chi connectivity index (χ1n) is 47.8. The number of nitrogens with one attached hydrogen (secondary N) is 25. The van der Waals surface area contributed by atoms with Gasteiger partial charge >= 0.3 is 5.97 Å². The number of hydrogen-bond acceptors (Lipinski definition) is 28. The Balaban J connectivity index is 1.16. The Morgan fingerprint density at radius 2 is 0.671 bits per heavy atom. The van der Waals surface area contributed by atoms with Crippen molar-refractivity contribution >= 4 is 142 Å². The molecule has 2 aliphatic rings. The number of phenolic OH excluding ortho intramolecular Hbond substituents is 3. The smallest absolute Gasteiger partial charge is 0.340 e. The van der Waals surface area contributed by atoms with E-state index >= 15 is 9.59 Å². The van der Waals surface area contributed by atoms with Gasteiger partial charge in [-0.1, -0.05) is 24.6 Å². The number of benzene rings is 4. The first-order valence-corrected chi connectivity index (χ1v) is 48.2. The zero-order valence-electron chi connectivity index (χ0n) is 81.1. The van der Waals surface area contributed by atoms with Gasteiger partial charge in [0.25, 0.3) is 0 Å². The summed E-state index contributed by atoms with van der Waals surface area (Å²) in [6.45, 7) is -0.171. The molecular formula is C91H141N35O19S. The number of anilines is 1. The van der Waals surface area contributed by atoms with E-state index in [0.717, 1.165) is 0 Å². The second kappa shape index (κ2) is 61.7. The molecule has 146 heavy (non-hydrogen) atoms. The van der Waals surface area contributed by atoms with Gasteiger partial charge in [0.05, 0.1) is 12.1 Å². The highest BCUT2D eigenvalue weighted by atomic mass is 32.1. The van der Waals surface area contributed by atoms with Gasteiger partial charge < -0.3 is 183 Å². The molecule has 55 heteroatoms. The molecule has 2 heterocycles. The van der Waals surface area contributed by atoms with Crippen molar-refractivity contribution in [2.45, 2.75) is 227 Å². The SMILES string of the molecule is N=C(N)NCCC[C@H](NC(=O)[C@H](CCCNC(=N)N)NC(=O)[C@H](CCCNC(=N)N)NC(=O)[C@H](CCC(N)=O)NC(=O)[C@H](CCCNC(=N)N)NC(=O)[C@H](CCCNC(=N)N)NC(=O)[C@H](CCCCN)NC(=O)[C@H](CCCCN)NC(=O)[C@H](CCCNC(=N)N)NC(=O)CNC(=O)[C@H](Cc1ccc(O)cc1)NC(=O)CCCCCNC(=S)Nc1ccc2c(c1)C(=O)OC21c2ccc(O)cc2Oc2cc(O)ccc21)C(N)=O. The van der Waals surface area contributed by atoms with Gasteiger partial charge in [-0.25, -0.2) is 4.79 Å². The molecule has 4 aromatic rings. The van der Waals surface area contributed by atoms with E-state index in [0.29, 0.717) is 66.6 Å². The lowest BCUT2D eigenvalue weighted by atomic mass is 9.77. The molecular weight excluding hydrogens is 1920 g/mol. The Morgan fingerprint density at radius 3 is 1.04 bits per heavy atom. The second-order valence-electron chi connectivity index (χ2n) is 34.7. The highest BCUT2D eigenvalue weighted by molar-refractivity contribution is 7.80. The molecule has 0 radical (unpaired) electrons. The maximum absolute atomic E-state index is 15.0. The summed E-state index contributed by atoms with van der Waals surface area (Å²) in [6.07, 6.45) is -0.0477. The van der Waals surface area contributed by atoms with Crippen molar-refractivity contribution < 1.29 is 91.9 Å². The van der Waals surface area contributed by atoms with Crippen LogP contribution in [0.2, 0.25) is 0 Å². The van der Waals surface area contributed by atoms with Crippen LogP contribution in [0.5, 0.6) is 28.7 Å². The lowest BCUT2D eigenvalue weighted by Crippen LogP contribution is -2.60. The predicted octanol–water partition coefficient (Wildman–Crippen LogP) is -5.99. The minimum absolute atomic E-state index is 0.00206. The van der Waals surface area contributed by atoms with Crippen molar-refractivity contribution in [1.82, 2.24) is 95.7 Å². The molecule has 48 N–H and O–H groups in total. The summed E-state index contributed by atoms with van der Waals surface area (Å²) >= 11 is 5.61. The minimum Gasteiger partial charge on any atom is -0.508 e.